The number of carbonyl (C=O) groups is 1. The van der Waals surface area contributed by atoms with Crippen molar-refractivity contribution in [1.29, 1.82) is 0 Å². The fraction of sp³-hybridized carbons (Fsp3) is 0.500. The van der Waals surface area contributed by atoms with E-state index in [2.05, 4.69) is 9.97 Å². The number of rotatable bonds is 4. The maximum atomic E-state index is 10.6. The van der Waals surface area contributed by atoms with Gasteiger partial charge in [-0.1, -0.05) is 12.8 Å². The molecule has 0 aliphatic heterocycles. The molecule has 2 aromatic rings. The first-order chi connectivity index (χ1) is 9.24. The zero-order valence-electron chi connectivity index (χ0n) is 10.7. The third-order valence-corrected chi connectivity index (χ3v) is 3.84. The molecule has 0 aromatic carbocycles. The third-order valence-electron chi connectivity index (χ3n) is 3.84. The number of imidazole rings is 1. The first-order valence-corrected chi connectivity index (χ1v) is 6.77. The van der Waals surface area contributed by atoms with Crippen LogP contribution in [0.5, 0.6) is 0 Å². The second-order valence-electron chi connectivity index (χ2n) is 5.19. The zero-order valence-corrected chi connectivity index (χ0v) is 10.7. The molecule has 0 bridgehead atoms. The molecule has 1 aliphatic carbocycles. The van der Waals surface area contributed by atoms with Gasteiger partial charge in [0.1, 0.15) is 12.0 Å². The zero-order chi connectivity index (χ0) is 13.2. The summed E-state index contributed by atoms with van der Waals surface area (Å²) in [6.07, 6.45) is 11.1. The van der Waals surface area contributed by atoms with Gasteiger partial charge in [-0.25, -0.2) is 9.97 Å². The summed E-state index contributed by atoms with van der Waals surface area (Å²) in [6, 6.07) is 0. The van der Waals surface area contributed by atoms with Crippen LogP contribution in [0.1, 0.15) is 49.3 Å². The quantitative estimate of drug-likeness (QED) is 0.915. The van der Waals surface area contributed by atoms with E-state index in [1.54, 1.807) is 6.33 Å². The number of fused-ring (bicyclic) bond motifs is 1. The molecule has 2 heterocycles. The molecular formula is C14H17N3O2. The highest BCUT2D eigenvalue weighted by Gasteiger charge is 2.21. The number of nitrogens with zero attached hydrogens (tertiary/aromatic N) is 3. The lowest BCUT2D eigenvalue weighted by Gasteiger charge is -2.09. The van der Waals surface area contributed by atoms with Crippen molar-refractivity contribution in [3.05, 3.63) is 30.0 Å². The highest BCUT2D eigenvalue weighted by Crippen LogP contribution is 2.35. The summed E-state index contributed by atoms with van der Waals surface area (Å²) in [4.78, 5) is 19.5. The molecule has 0 radical (unpaired) electrons. The molecule has 0 saturated heterocycles. The number of carboxylic acid groups (broad SMARTS) is 1. The highest BCUT2D eigenvalue weighted by molar-refractivity contribution is 5.67. The van der Waals surface area contributed by atoms with E-state index >= 15 is 0 Å². The second-order valence-corrected chi connectivity index (χ2v) is 5.19. The molecule has 3 rings (SSSR count). The van der Waals surface area contributed by atoms with Crippen LogP contribution >= 0.6 is 0 Å². The second kappa shape index (κ2) is 4.99. The van der Waals surface area contributed by atoms with Crippen LogP contribution in [0.2, 0.25) is 0 Å². The van der Waals surface area contributed by atoms with Gasteiger partial charge in [0.15, 0.2) is 0 Å². The van der Waals surface area contributed by atoms with Gasteiger partial charge in [0, 0.05) is 24.4 Å². The Hall–Kier alpha value is -1.91. The highest BCUT2D eigenvalue weighted by atomic mass is 16.4. The Morgan fingerprint density at radius 3 is 2.95 bits per heavy atom. The number of aryl methyl sites for hydroxylation is 1. The van der Waals surface area contributed by atoms with Crippen molar-refractivity contribution in [2.75, 3.05) is 0 Å². The van der Waals surface area contributed by atoms with Crippen LogP contribution in [-0.4, -0.2) is 25.4 Å². The van der Waals surface area contributed by atoms with Crippen molar-refractivity contribution in [3.63, 3.8) is 0 Å². The Labute approximate surface area is 111 Å². The number of carboxylic acids is 1. The van der Waals surface area contributed by atoms with Gasteiger partial charge in [-0.05, 0) is 18.8 Å². The third kappa shape index (κ3) is 2.45. The van der Waals surface area contributed by atoms with E-state index in [4.69, 9.17) is 5.11 Å². The molecule has 5 nitrogen and oxygen atoms in total. The molecule has 1 aliphatic rings. The van der Waals surface area contributed by atoms with E-state index < -0.39 is 5.97 Å². The van der Waals surface area contributed by atoms with Crippen LogP contribution in [-0.2, 0) is 11.2 Å². The molecule has 1 saturated carbocycles. The van der Waals surface area contributed by atoms with Crippen LogP contribution in [0, 0.1) is 0 Å². The lowest BCUT2D eigenvalue weighted by atomic mass is 10.0. The number of aliphatic carboxylic acids is 1. The van der Waals surface area contributed by atoms with Gasteiger partial charge in [0.05, 0.1) is 12.1 Å². The number of hydrogen-bond donors (Lipinski definition) is 1. The Morgan fingerprint density at radius 2 is 2.21 bits per heavy atom. The average Bonchev–Trinajstić information content (AvgIpc) is 3.04. The Bertz CT molecular complexity index is 600. The molecule has 1 N–H and O–H groups in total. The monoisotopic (exact) mass is 259 g/mol. The molecule has 19 heavy (non-hydrogen) atoms. The van der Waals surface area contributed by atoms with E-state index in [-0.39, 0.29) is 6.42 Å². The molecule has 0 atom stereocenters. The van der Waals surface area contributed by atoms with Crippen LogP contribution < -0.4 is 0 Å². The molecule has 0 unspecified atom stereocenters. The summed E-state index contributed by atoms with van der Waals surface area (Å²) < 4.78 is 1.92. The Morgan fingerprint density at radius 1 is 1.42 bits per heavy atom. The first-order valence-electron chi connectivity index (χ1n) is 6.77. The maximum Gasteiger partial charge on any atom is 0.303 e. The molecule has 0 amide bonds. The number of hydrogen-bond acceptors (Lipinski definition) is 3. The van der Waals surface area contributed by atoms with Gasteiger partial charge >= 0.3 is 5.97 Å². The predicted octanol–water partition coefficient (Wildman–Crippen LogP) is 2.40. The normalized spacial score (nSPS) is 16.2. The summed E-state index contributed by atoms with van der Waals surface area (Å²) in [5.74, 6) is -0.225. The lowest BCUT2D eigenvalue weighted by Crippen LogP contribution is -1.99. The molecule has 5 heteroatoms. The largest absolute Gasteiger partial charge is 0.481 e. The topological polar surface area (TPSA) is 67.5 Å². The Balaban J connectivity index is 1.92. The minimum Gasteiger partial charge on any atom is -0.481 e. The SMILES string of the molecule is O=C(O)CCc1cn2cncc(C3CCCC3)c2n1. The Kier molecular flexibility index (Phi) is 3.19. The van der Waals surface area contributed by atoms with Gasteiger partial charge in [-0.3, -0.25) is 9.20 Å². The van der Waals surface area contributed by atoms with Crippen molar-refractivity contribution in [1.82, 2.24) is 14.4 Å². The summed E-state index contributed by atoms with van der Waals surface area (Å²) in [7, 11) is 0. The number of aromatic nitrogens is 3. The smallest absolute Gasteiger partial charge is 0.303 e. The summed E-state index contributed by atoms with van der Waals surface area (Å²) in [6.45, 7) is 0. The van der Waals surface area contributed by atoms with E-state index in [1.165, 1.54) is 31.2 Å². The fourth-order valence-electron chi connectivity index (χ4n) is 2.87. The summed E-state index contributed by atoms with van der Waals surface area (Å²) >= 11 is 0. The fourth-order valence-corrected chi connectivity index (χ4v) is 2.87. The maximum absolute atomic E-state index is 10.6. The molecule has 2 aromatic heterocycles. The summed E-state index contributed by atoms with van der Waals surface area (Å²) in [5.41, 5.74) is 2.98. The van der Waals surface area contributed by atoms with Crippen LogP contribution in [0.25, 0.3) is 5.65 Å². The molecule has 1 fully saturated rings. The van der Waals surface area contributed by atoms with Gasteiger partial charge in [-0.2, -0.15) is 0 Å². The van der Waals surface area contributed by atoms with E-state index in [0.29, 0.717) is 12.3 Å². The van der Waals surface area contributed by atoms with Gasteiger partial charge < -0.3 is 5.11 Å². The summed E-state index contributed by atoms with van der Waals surface area (Å²) in [5, 5.41) is 8.73. The molecule has 0 spiro atoms. The van der Waals surface area contributed by atoms with Gasteiger partial charge in [-0.15, -0.1) is 0 Å². The lowest BCUT2D eigenvalue weighted by molar-refractivity contribution is -0.136. The first kappa shape index (κ1) is 12.1. The molecule has 100 valence electrons. The molecular weight excluding hydrogens is 242 g/mol. The van der Waals surface area contributed by atoms with Crippen molar-refractivity contribution in [2.24, 2.45) is 0 Å². The van der Waals surface area contributed by atoms with Crippen LogP contribution in [0.15, 0.2) is 18.7 Å². The van der Waals surface area contributed by atoms with Crippen LogP contribution in [0.3, 0.4) is 0 Å². The standard InChI is InChI=1S/C14H17N3O2/c18-13(19)6-5-11-8-17-9-15-7-12(14(17)16-11)10-3-1-2-4-10/h7-10H,1-6H2,(H,18,19). The van der Waals surface area contributed by atoms with E-state index in [9.17, 15) is 4.79 Å². The minimum absolute atomic E-state index is 0.121. The van der Waals surface area contributed by atoms with Crippen molar-refractivity contribution in [3.8, 4) is 0 Å². The van der Waals surface area contributed by atoms with Gasteiger partial charge in [0.25, 0.3) is 0 Å². The van der Waals surface area contributed by atoms with Crippen molar-refractivity contribution < 1.29 is 9.90 Å². The van der Waals surface area contributed by atoms with Crippen LogP contribution in [0.4, 0.5) is 0 Å². The average molecular weight is 259 g/mol. The van der Waals surface area contributed by atoms with Gasteiger partial charge in [0.2, 0.25) is 0 Å². The van der Waals surface area contributed by atoms with E-state index in [0.717, 1.165) is 11.3 Å². The van der Waals surface area contributed by atoms with Crippen molar-refractivity contribution >= 4 is 11.6 Å². The van der Waals surface area contributed by atoms with E-state index in [1.807, 2.05) is 16.8 Å². The predicted molar refractivity (Wildman–Crippen MR) is 70.2 cm³/mol. The minimum atomic E-state index is -0.786. The van der Waals surface area contributed by atoms with Crippen molar-refractivity contribution in [2.45, 2.75) is 44.4 Å².